The Morgan fingerprint density at radius 2 is 1.63 bits per heavy atom. The number of halogens is 1. The molecule has 0 radical (unpaired) electrons. The number of anilines is 2. The van der Waals surface area contributed by atoms with E-state index in [1.807, 2.05) is 46.9 Å². The largest absolute Gasteiger partial charge is 0.514 e. The van der Waals surface area contributed by atoms with Gasteiger partial charge >= 0.3 is 6.09 Å². The second-order valence-corrected chi connectivity index (χ2v) is 11.9. The quantitative estimate of drug-likeness (QED) is 0.544. The zero-order valence-electron chi connectivity index (χ0n) is 23.4. The molecule has 8 heteroatoms. The van der Waals surface area contributed by atoms with Crippen molar-refractivity contribution in [2.45, 2.75) is 58.7 Å². The Bertz CT molecular complexity index is 1120. The number of hydrogen-bond donors (Lipinski definition) is 1. The van der Waals surface area contributed by atoms with Crippen molar-refractivity contribution in [1.29, 1.82) is 0 Å². The summed E-state index contributed by atoms with van der Waals surface area (Å²) < 4.78 is 13.3. The molecule has 2 aromatic rings. The van der Waals surface area contributed by atoms with Gasteiger partial charge in [0.2, 0.25) is 5.91 Å². The zero-order chi connectivity index (χ0) is 27.7. The van der Waals surface area contributed by atoms with Crippen LogP contribution < -0.4 is 9.80 Å². The van der Waals surface area contributed by atoms with Crippen LogP contribution in [0.25, 0.3) is 0 Å². The van der Waals surface area contributed by atoms with Gasteiger partial charge in [-0.25, -0.2) is 8.87 Å². The summed E-state index contributed by atoms with van der Waals surface area (Å²) >= 11 is 0. The number of hydrogen-bond acceptors (Lipinski definition) is 4. The second-order valence-electron chi connectivity index (χ2n) is 11.9. The van der Waals surface area contributed by atoms with Gasteiger partial charge in [0.25, 0.3) is 0 Å². The van der Waals surface area contributed by atoms with Crippen molar-refractivity contribution in [2.24, 2.45) is 5.92 Å². The molecule has 2 heterocycles. The van der Waals surface area contributed by atoms with Crippen molar-refractivity contribution in [2.75, 3.05) is 49.6 Å². The third kappa shape index (κ3) is 5.57. The fraction of sp³-hybridized carbons (Fsp3) is 0.533. The van der Waals surface area contributed by atoms with Gasteiger partial charge in [-0.3, -0.25) is 9.69 Å². The highest BCUT2D eigenvalue weighted by molar-refractivity contribution is 5.94. The minimum absolute atomic E-state index is 0.0150. The lowest BCUT2D eigenvalue weighted by molar-refractivity contribution is -0.929. The Hall–Kier alpha value is -2.97. The summed E-state index contributed by atoms with van der Waals surface area (Å²) in [4.78, 5) is 31.8. The van der Waals surface area contributed by atoms with E-state index >= 15 is 0 Å². The maximum Gasteiger partial charge on any atom is 0.514 e. The number of piperidine rings is 1. The normalized spacial score (nSPS) is 23.3. The van der Waals surface area contributed by atoms with E-state index in [9.17, 15) is 19.1 Å². The Balaban J connectivity index is 1.31. The summed E-state index contributed by atoms with van der Waals surface area (Å²) in [7, 11) is 1.84. The summed E-state index contributed by atoms with van der Waals surface area (Å²) in [5.74, 6) is -0.134. The van der Waals surface area contributed by atoms with Crippen molar-refractivity contribution in [1.82, 2.24) is 4.90 Å². The summed E-state index contributed by atoms with van der Waals surface area (Å²) in [6, 6.07) is 14.7. The fourth-order valence-corrected chi connectivity index (χ4v) is 6.36. The van der Waals surface area contributed by atoms with E-state index in [4.69, 9.17) is 0 Å². The minimum atomic E-state index is -0.747. The Morgan fingerprint density at radius 1 is 1.03 bits per heavy atom. The molecule has 2 aliphatic rings. The van der Waals surface area contributed by atoms with Crippen molar-refractivity contribution in [3.05, 3.63) is 59.9 Å². The molecule has 1 N–H and O–H groups in total. The number of nitrogens with zero attached hydrogens (tertiary/aromatic N) is 4. The number of carbonyl (C=O) groups is 2. The fourth-order valence-electron chi connectivity index (χ4n) is 6.36. The lowest BCUT2D eigenvalue weighted by atomic mass is 9.94. The van der Waals surface area contributed by atoms with Crippen LogP contribution in [0.5, 0.6) is 0 Å². The number of rotatable bonds is 5. The van der Waals surface area contributed by atoms with Gasteiger partial charge < -0.3 is 14.9 Å². The van der Waals surface area contributed by atoms with E-state index in [1.54, 1.807) is 17.0 Å². The molecule has 38 heavy (non-hydrogen) atoms. The average Bonchev–Trinajstić information content (AvgIpc) is 2.88. The van der Waals surface area contributed by atoms with Gasteiger partial charge in [-0.1, -0.05) is 12.1 Å². The van der Waals surface area contributed by atoms with Crippen molar-refractivity contribution < 1.29 is 23.6 Å². The monoisotopic (exact) mass is 525 g/mol. The molecule has 0 aliphatic carbocycles. The van der Waals surface area contributed by atoms with Crippen LogP contribution in [0.1, 0.15) is 46.1 Å². The first-order valence-corrected chi connectivity index (χ1v) is 13.6. The molecule has 2 fully saturated rings. The van der Waals surface area contributed by atoms with Gasteiger partial charge in [0.05, 0.1) is 6.54 Å². The summed E-state index contributed by atoms with van der Waals surface area (Å²) in [5, 5.41) is 10.1. The molecule has 4 rings (SSSR count). The first kappa shape index (κ1) is 28.0. The first-order valence-electron chi connectivity index (χ1n) is 13.6. The van der Waals surface area contributed by atoms with Gasteiger partial charge in [-0.15, -0.1) is 0 Å². The van der Waals surface area contributed by atoms with E-state index in [0.29, 0.717) is 6.54 Å². The van der Waals surface area contributed by atoms with E-state index in [0.717, 1.165) is 62.5 Å². The molecule has 0 spiro atoms. The number of quaternary nitrogens is 1. The molecule has 2 amide bonds. The maximum absolute atomic E-state index is 13.2. The third-order valence-electron chi connectivity index (χ3n) is 8.68. The predicted octanol–water partition coefficient (Wildman–Crippen LogP) is 5.20. The molecule has 2 aromatic carbocycles. The van der Waals surface area contributed by atoms with E-state index in [2.05, 4.69) is 21.9 Å². The maximum atomic E-state index is 13.2. The Labute approximate surface area is 226 Å². The van der Waals surface area contributed by atoms with Crippen LogP contribution in [-0.4, -0.2) is 77.8 Å². The number of amides is 2. The minimum Gasteiger partial charge on any atom is -0.435 e. The Kier molecular flexibility index (Phi) is 8.14. The molecule has 2 aliphatic heterocycles. The third-order valence-corrected chi connectivity index (χ3v) is 8.68. The number of piperazine rings is 1. The predicted molar refractivity (Wildman–Crippen MR) is 149 cm³/mol. The molecular formula is C30H42FN4O3+. The van der Waals surface area contributed by atoms with Crippen molar-refractivity contribution in [3.8, 4) is 0 Å². The van der Waals surface area contributed by atoms with Crippen LogP contribution in [0, 0.1) is 11.7 Å². The highest BCUT2D eigenvalue weighted by Gasteiger charge is 2.54. The van der Waals surface area contributed by atoms with Crippen LogP contribution in [0.3, 0.4) is 0 Å². The Morgan fingerprint density at radius 3 is 2.16 bits per heavy atom. The van der Waals surface area contributed by atoms with Crippen LogP contribution in [0.15, 0.2) is 48.5 Å². The molecule has 7 nitrogen and oxygen atoms in total. The summed E-state index contributed by atoms with van der Waals surface area (Å²) in [5.41, 5.74) is 2.66. The second kappa shape index (κ2) is 11.0. The van der Waals surface area contributed by atoms with Crippen LogP contribution >= 0.6 is 0 Å². The smallest absolute Gasteiger partial charge is 0.435 e. The molecule has 206 valence electrons. The van der Waals surface area contributed by atoms with Gasteiger partial charge in [0.15, 0.2) is 0 Å². The van der Waals surface area contributed by atoms with Gasteiger partial charge in [-0.05, 0) is 82.5 Å². The van der Waals surface area contributed by atoms with Gasteiger partial charge in [0, 0.05) is 50.5 Å². The van der Waals surface area contributed by atoms with E-state index in [1.165, 1.54) is 12.1 Å². The molecule has 2 saturated heterocycles. The lowest BCUT2D eigenvalue weighted by Crippen LogP contribution is -2.73. The summed E-state index contributed by atoms with van der Waals surface area (Å²) in [6.45, 7) is 12.4. The highest BCUT2D eigenvalue weighted by atomic mass is 19.1. The lowest BCUT2D eigenvalue weighted by Gasteiger charge is -2.52. The van der Waals surface area contributed by atoms with Gasteiger partial charge in [0.1, 0.15) is 23.9 Å². The standard InChI is InChI=1S/C30H41FN4O3/c1-22-20-33(18-19-35(22,29(37)38)30(2,3)4)21-23-6-10-26(11-7-23)32(5)28(36)24-14-16-34(17-15-24)27-12-8-25(31)9-13-27/h6-13,22,24H,14-21H2,1-5H3/p+1/t22-,35?/m0/s1. The molecule has 0 bridgehead atoms. The first-order chi connectivity index (χ1) is 17.9. The van der Waals surface area contributed by atoms with Crippen molar-refractivity contribution in [3.63, 3.8) is 0 Å². The average molecular weight is 526 g/mol. The topological polar surface area (TPSA) is 64.1 Å². The summed E-state index contributed by atoms with van der Waals surface area (Å²) in [6.07, 6.45) is 0.802. The van der Waals surface area contributed by atoms with Gasteiger partial charge in [-0.2, -0.15) is 4.79 Å². The van der Waals surface area contributed by atoms with Crippen LogP contribution in [0.2, 0.25) is 0 Å². The van der Waals surface area contributed by atoms with Crippen molar-refractivity contribution >= 4 is 23.4 Å². The molecule has 2 atom stereocenters. The zero-order valence-corrected chi connectivity index (χ0v) is 23.4. The van der Waals surface area contributed by atoms with Crippen LogP contribution in [0.4, 0.5) is 20.6 Å². The number of benzene rings is 2. The highest BCUT2D eigenvalue weighted by Crippen LogP contribution is 2.33. The molecular weight excluding hydrogens is 483 g/mol. The van der Waals surface area contributed by atoms with E-state index in [-0.39, 0.29) is 33.7 Å². The van der Waals surface area contributed by atoms with Crippen LogP contribution in [-0.2, 0) is 11.3 Å². The SMILES string of the molecule is C[C@H]1CN(Cc2ccc(N(C)C(=O)C3CCN(c4ccc(F)cc4)CC3)cc2)CC[N+]1(C(=O)O)C(C)(C)C. The number of carbonyl (C=O) groups excluding carboxylic acids is 1. The molecule has 0 saturated carbocycles. The number of carboxylic acid groups (broad SMARTS) is 1. The van der Waals surface area contributed by atoms with E-state index < -0.39 is 6.09 Å². The molecule has 0 aromatic heterocycles. The molecule has 1 unspecified atom stereocenters.